The van der Waals surface area contributed by atoms with Crippen LogP contribution in [0.5, 0.6) is 5.75 Å². The first-order valence-electron chi connectivity index (χ1n) is 5.97. The van der Waals surface area contributed by atoms with E-state index in [1.165, 1.54) is 0 Å². The molecule has 0 radical (unpaired) electrons. The number of aromatic nitrogens is 1. The van der Waals surface area contributed by atoms with Crippen molar-refractivity contribution in [1.29, 1.82) is 0 Å². The Morgan fingerprint density at radius 2 is 1.79 bits per heavy atom. The van der Waals surface area contributed by atoms with Gasteiger partial charge < -0.3 is 4.74 Å². The van der Waals surface area contributed by atoms with Gasteiger partial charge in [0.15, 0.2) is 0 Å². The Morgan fingerprint density at radius 3 is 2.53 bits per heavy atom. The molecular weight excluding hydrogens is 302 g/mol. The Kier molecular flexibility index (Phi) is 3.22. The summed E-state index contributed by atoms with van der Waals surface area (Å²) in [5.41, 5.74) is 2.98. The summed E-state index contributed by atoms with van der Waals surface area (Å²) in [6.07, 6.45) is 0. The van der Waals surface area contributed by atoms with Crippen LogP contribution in [0.2, 0.25) is 0 Å². The Morgan fingerprint density at radius 1 is 1.00 bits per heavy atom. The minimum atomic E-state index is 0.817. The molecule has 1 heterocycles. The summed E-state index contributed by atoms with van der Waals surface area (Å²) in [6, 6.07) is 18.1. The van der Waals surface area contributed by atoms with E-state index < -0.39 is 0 Å². The predicted molar refractivity (Wildman–Crippen MR) is 81.4 cm³/mol. The maximum absolute atomic E-state index is 5.25. The number of benzene rings is 2. The van der Waals surface area contributed by atoms with Crippen LogP contribution in [0.25, 0.3) is 22.2 Å². The summed E-state index contributed by atoms with van der Waals surface area (Å²) in [7, 11) is 1.66. The second-order valence-electron chi connectivity index (χ2n) is 4.24. The highest BCUT2D eigenvalue weighted by Crippen LogP contribution is 2.30. The first-order chi connectivity index (χ1) is 9.28. The molecule has 0 aliphatic rings. The zero-order valence-corrected chi connectivity index (χ0v) is 12.0. The van der Waals surface area contributed by atoms with Gasteiger partial charge in [0.1, 0.15) is 5.75 Å². The highest BCUT2D eigenvalue weighted by atomic mass is 79.9. The summed E-state index contributed by atoms with van der Waals surface area (Å²) in [5.74, 6) is 0.817. The van der Waals surface area contributed by atoms with Crippen molar-refractivity contribution in [3.05, 3.63) is 59.1 Å². The van der Waals surface area contributed by atoms with Crippen molar-refractivity contribution in [3.63, 3.8) is 0 Å². The molecule has 3 aromatic rings. The van der Waals surface area contributed by atoms with E-state index in [0.717, 1.165) is 32.4 Å². The minimum Gasteiger partial charge on any atom is -0.497 e. The molecule has 0 saturated heterocycles. The molecule has 0 aliphatic carbocycles. The van der Waals surface area contributed by atoms with Gasteiger partial charge in [0, 0.05) is 21.5 Å². The first-order valence-corrected chi connectivity index (χ1v) is 6.77. The Hall–Kier alpha value is -1.87. The van der Waals surface area contributed by atoms with Gasteiger partial charge in [-0.2, -0.15) is 0 Å². The average molecular weight is 314 g/mol. The minimum absolute atomic E-state index is 0.817. The summed E-state index contributed by atoms with van der Waals surface area (Å²) in [4.78, 5) is 4.70. The molecule has 94 valence electrons. The lowest BCUT2D eigenvalue weighted by Gasteiger charge is -2.07. The van der Waals surface area contributed by atoms with Gasteiger partial charge in [-0.1, -0.05) is 46.3 Å². The predicted octanol–water partition coefficient (Wildman–Crippen LogP) is 4.67. The molecule has 0 unspecified atom stereocenters. The third-order valence-electron chi connectivity index (χ3n) is 3.04. The Balaban J connectivity index is 2.23. The van der Waals surface area contributed by atoms with Crippen LogP contribution < -0.4 is 4.74 Å². The van der Waals surface area contributed by atoms with E-state index >= 15 is 0 Å². The number of pyridine rings is 1. The van der Waals surface area contributed by atoms with Crippen LogP contribution in [0.15, 0.2) is 59.1 Å². The van der Waals surface area contributed by atoms with Crippen molar-refractivity contribution in [3.8, 4) is 17.0 Å². The Labute approximate surface area is 120 Å². The fourth-order valence-electron chi connectivity index (χ4n) is 2.05. The van der Waals surface area contributed by atoms with Crippen molar-refractivity contribution in [2.75, 3.05) is 7.11 Å². The average Bonchev–Trinajstić information content (AvgIpc) is 2.47. The van der Waals surface area contributed by atoms with Crippen molar-refractivity contribution < 1.29 is 4.74 Å². The number of methoxy groups -OCH3 is 1. The maximum atomic E-state index is 5.25. The van der Waals surface area contributed by atoms with E-state index in [-0.39, 0.29) is 0 Å². The maximum Gasteiger partial charge on any atom is 0.121 e. The smallest absolute Gasteiger partial charge is 0.121 e. The molecule has 2 nitrogen and oxygen atoms in total. The van der Waals surface area contributed by atoms with Crippen molar-refractivity contribution in [2.24, 2.45) is 0 Å². The first kappa shape index (κ1) is 12.2. The molecule has 19 heavy (non-hydrogen) atoms. The summed E-state index contributed by atoms with van der Waals surface area (Å²) < 4.78 is 6.29. The largest absolute Gasteiger partial charge is 0.497 e. The summed E-state index contributed by atoms with van der Waals surface area (Å²) in [6.45, 7) is 0. The number of nitrogens with zero attached hydrogens (tertiary/aromatic N) is 1. The van der Waals surface area contributed by atoms with Crippen LogP contribution in [0.3, 0.4) is 0 Å². The molecule has 0 N–H and O–H groups in total. The molecule has 0 aliphatic heterocycles. The van der Waals surface area contributed by atoms with Crippen molar-refractivity contribution in [1.82, 2.24) is 4.98 Å². The molecule has 0 bridgehead atoms. The third kappa shape index (κ3) is 2.34. The zero-order valence-electron chi connectivity index (χ0n) is 10.4. The molecule has 0 amide bonds. The van der Waals surface area contributed by atoms with Gasteiger partial charge in [-0.15, -0.1) is 0 Å². The monoisotopic (exact) mass is 313 g/mol. The lowest BCUT2D eigenvalue weighted by molar-refractivity contribution is 0.415. The third-order valence-corrected chi connectivity index (χ3v) is 3.69. The van der Waals surface area contributed by atoms with Gasteiger partial charge in [-0.25, -0.2) is 4.98 Å². The van der Waals surface area contributed by atoms with Gasteiger partial charge in [0.2, 0.25) is 0 Å². The molecule has 3 heteroatoms. The Bertz CT molecular complexity index is 725. The van der Waals surface area contributed by atoms with Crippen LogP contribution in [0.4, 0.5) is 0 Å². The van der Waals surface area contributed by atoms with Gasteiger partial charge in [-0.3, -0.25) is 0 Å². The fraction of sp³-hybridized carbons (Fsp3) is 0.0625. The van der Waals surface area contributed by atoms with Crippen molar-refractivity contribution >= 4 is 26.8 Å². The highest BCUT2D eigenvalue weighted by Gasteiger charge is 2.06. The number of fused-ring (bicyclic) bond motifs is 1. The van der Waals surface area contributed by atoms with Crippen LogP contribution in [0.1, 0.15) is 0 Å². The van der Waals surface area contributed by atoms with Gasteiger partial charge in [0.05, 0.1) is 18.3 Å². The lowest BCUT2D eigenvalue weighted by atomic mass is 10.1. The molecule has 2 aromatic carbocycles. The second kappa shape index (κ2) is 5.02. The number of halogens is 1. The second-order valence-corrected chi connectivity index (χ2v) is 5.09. The number of hydrogen-bond donors (Lipinski definition) is 0. The van der Waals surface area contributed by atoms with E-state index in [1.807, 2.05) is 42.5 Å². The SMILES string of the molecule is COc1ccc2c(Br)cc(-c3ccccc3)nc2c1. The summed E-state index contributed by atoms with van der Waals surface area (Å²) >= 11 is 3.61. The number of hydrogen-bond acceptors (Lipinski definition) is 2. The zero-order chi connectivity index (χ0) is 13.2. The molecular formula is C16H12BrNO. The normalized spacial score (nSPS) is 10.6. The number of rotatable bonds is 2. The molecule has 1 aromatic heterocycles. The standard InChI is InChI=1S/C16H12BrNO/c1-19-12-7-8-13-14(17)10-15(18-16(13)9-12)11-5-3-2-4-6-11/h2-10H,1H3. The van der Waals surface area contributed by atoms with E-state index in [9.17, 15) is 0 Å². The molecule has 0 spiro atoms. The molecule has 0 atom stereocenters. The fourth-order valence-corrected chi connectivity index (χ4v) is 2.60. The van der Waals surface area contributed by atoms with Gasteiger partial charge >= 0.3 is 0 Å². The van der Waals surface area contributed by atoms with Gasteiger partial charge in [0.25, 0.3) is 0 Å². The number of ether oxygens (including phenoxy) is 1. The van der Waals surface area contributed by atoms with Crippen LogP contribution >= 0.6 is 15.9 Å². The highest BCUT2D eigenvalue weighted by molar-refractivity contribution is 9.10. The van der Waals surface area contributed by atoms with Crippen LogP contribution in [-0.4, -0.2) is 12.1 Å². The van der Waals surface area contributed by atoms with Gasteiger partial charge in [-0.05, 0) is 18.2 Å². The van der Waals surface area contributed by atoms with Crippen LogP contribution in [-0.2, 0) is 0 Å². The van der Waals surface area contributed by atoms with Crippen LogP contribution in [0, 0.1) is 0 Å². The topological polar surface area (TPSA) is 22.1 Å². The molecule has 3 rings (SSSR count). The van der Waals surface area contributed by atoms with Crippen molar-refractivity contribution in [2.45, 2.75) is 0 Å². The van der Waals surface area contributed by atoms with E-state index in [0.29, 0.717) is 0 Å². The summed E-state index contributed by atoms with van der Waals surface area (Å²) in [5, 5.41) is 1.08. The lowest BCUT2D eigenvalue weighted by Crippen LogP contribution is -1.88. The molecule has 0 fully saturated rings. The van der Waals surface area contributed by atoms with E-state index in [4.69, 9.17) is 9.72 Å². The molecule has 0 saturated carbocycles. The quantitative estimate of drug-likeness (QED) is 0.685. The van der Waals surface area contributed by atoms with E-state index in [1.54, 1.807) is 7.11 Å². The van der Waals surface area contributed by atoms with E-state index in [2.05, 4.69) is 28.1 Å².